The third-order valence-corrected chi connectivity index (χ3v) is 5.09. The molecule has 0 amide bonds. The van der Waals surface area contributed by atoms with Gasteiger partial charge in [-0.05, 0) is 37.0 Å². The summed E-state index contributed by atoms with van der Waals surface area (Å²) in [5.74, 6) is -0.00575. The quantitative estimate of drug-likeness (QED) is 0.661. The first kappa shape index (κ1) is 19.5. The number of sulfonamides is 1. The number of nitrogens with one attached hydrogen (secondary N) is 2. The van der Waals surface area contributed by atoms with Gasteiger partial charge in [-0.2, -0.15) is 13.2 Å². The standard InChI is InChI=1S/C16H20F3N3O2S/c17-16(18,19)14-7-5-13(6-8-14)10-22-25(23,24)9-3-1-2-4-15-11-20-12-21-15/h5-8,11-12,22H,1-4,9-10H2,(H,20,21). The van der Waals surface area contributed by atoms with Gasteiger partial charge < -0.3 is 4.98 Å². The van der Waals surface area contributed by atoms with Crippen molar-refractivity contribution < 1.29 is 21.6 Å². The van der Waals surface area contributed by atoms with Crippen molar-refractivity contribution in [3.8, 4) is 0 Å². The second-order valence-corrected chi connectivity index (χ2v) is 7.63. The lowest BCUT2D eigenvalue weighted by atomic mass is 10.1. The van der Waals surface area contributed by atoms with Gasteiger partial charge in [-0.1, -0.05) is 18.6 Å². The Labute approximate surface area is 144 Å². The lowest BCUT2D eigenvalue weighted by molar-refractivity contribution is -0.137. The zero-order valence-corrected chi connectivity index (χ0v) is 14.3. The van der Waals surface area contributed by atoms with Gasteiger partial charge in [-0.15, -0.1) is 0 Å². The number of rotatable bonds is 9. The maximum Gasteiger partial charge on any atom is 0.416 e. The Kier molecular flexibility index (Phi) is 6.60. The van der Waals surface area contributed by atoms with Crippen LogP contribution in [0.3, 0.4) is 0 Å². The largest absolute Gasteiger partial charge is 0.416 e. The van der Waals surface area contributed by atoms with Gasteiger partial charge in [0, 0.05) is 12.7 Å². The van der Waals surface area contributed by atoms with E-state index in [1.54, 1.807) is 6.33 Å². The number of benzene rings is 1. The number of aromatic nitrogens is 2. The Hall–Kier alpha value is -1.87. The molecule has 5 nitrogen and oxygen atoms in total. The number of nitrogens with zero attached hydrogens (tertiary/aromatic N) is 1. The van der Waals surface area contributed by atoms with Crippen LogP contribution in [0.2, 0.25) is 0 Å². The van der Waals surface area contributed by atoms with Crippen LogP contribution in [0.15, 0.2) is 36.8 Å². The Balaban J connectivity index is 1.70. The van der Waals surface area contributed by atoms with E-state index in [-0.39, 0.29) is 12.3 Å². The number of hydrogen-bond acceptors (Lipinski definition) is 3. The molecule has 1 aromatic heterocycles. The van der Waals surface area contributed by atoms with Crippen LogP contribution in [-0.4, -0.2) is 24.1 Å². The fourth-order valence-electron chi connectivity index (χ4n) is 2.28. The highest BCUT2D eigenvalue weighted by Crippen LogP contribution is 2.29. The van der Waals surface area contributed by atoms with Crippen LogP contribution >= 0.6 is 0 Å². The molecule has 138 valence electrons. The molecule has 0 fully saturated rings. The number of imidazole rings is 1. The molecule has 9 heteroatoms. The van der Waals surface area contributed by atoms with Crippen molar-refractivity contribution in [1.29, 1.82) is 0 Å². The Morgan fingerprint density at radius 1 is 1.08 bits per heavy atom. The first-order valence-electron chi connectivity index (χ1n) is 7.87. The minimum atomic E-state index is -4.39. The lowest BCUT2D eigenvalue weighted by Crippen LogP contribution is -2.26. The van der Waals surface area contributed by atoms with Crippen LogP contribution in [-0.2, 0) is 29.2 Å². The average molecular weight is 375 g/mol. The highest BCUT2D eigenvalue weighted by Gasteiger charge is 2.29. The monoisotopic (exact) mass is 375 g/mol. The maximum atomic E-state index is 12.5. The summed E-state index contributed by atoms with van der Waals surface area (Å²) in [5, 5.41) is 0. The predicted octanol–water partition coefficient (Wildman–Crippen LogP) is 3.26. The minimum Gasteiger partial charge on any atom is -0.351 e. The summed E-state index contributed by atoms with van der Waals surface area (Å²) in [6, 6.07) is 4.43. The molecule has 0 aliphatic carbocycles. The highest BCUT2D eigenvalue weighted by atomic mass is 32.2. The van der Waals surface area contributed by atoms with E-state index in [1.165, 1.54) is 12.1 Å². The van der Waals surface area contributed by atoms with Crippen molar-refractivity contribution in [2.45, 2.75) is 38.4 Å². The van der Waals surface area contributed by atoms with Crippen molar-refractivity contribution >= 4 is 10.0 Å². The summed E-state index contributed by atoms with van der Waals surface area (Å²) in [4.78, 5) is 6.95. The maximum absolute atomic E-state index is 12.5. The van der Waals surface area contributed by atoms with E-state index in [2.05, 4.69) is 14.7 Å². The molecular formula is C16H20F3N3O2S. The van der Waals surface area contributed by atoms with Gasteiger partial charge in [0.2, 0.25) is 10.0 Å². The van der Waals surface area contributed by atoms with Crippen molar-refractivity contribution in [3.05, 3.63) is 53.6 Å². The third kappa shape index (κ3) is 6.87. The first-order valence-corrected chi connectivity index (χ1v) is 9.53. The molecule has 0 spiro atoms. The number of H-pyrrole nitrogens is 1. The molecule has 1 aromatic carbocycles. The topological polar surface area (TPSA) is 74.8 Å². The van der Waals surface area contributed by atoms with E-state index in [0.717, 1.165) is 37.1 Å². The Morgan fingerprint density at radius 2 is 1.80 bits per heavy atom. The Bertz CT molecular complexity index is 742. The molecule has 2 rings (SSSR count). The second-order valence-electron chi connectivity index (χ2n) is 5.71. The van der Waals surface area contributed by atoms with E-state index < -0.39 is 21.8 Å². The van der Waals surface area contributed by atoms with Crippen LogP contribution in [0.5, 0.6) is 0 Å². The number of alkyl halides is 3. The van der Waals surface area contributed by atoms with Gasteiger partial charge in [0.1, 0.15) is 0 Å². The molecule has 0 radical (unpaired) electrons. The van der Waals surface area contributed by atoms with Crippen molar-refractivity contribution in [2.24, 2.45) is 0 Å². The SMILES string of the molecule is O=S(=O)(CCCCCc1c[nH]cn1)NCc1ccc(C(F)(F)F)cc1. The normalized spacial score (nSPS) is 12.4. The van der Waals surface area contributed by atoms with E-state index in [0.29, 0.717) is 12.0 Å². The van der Waals surface area contributed by atoms with Gasteiger partial charge in [0.05, 0.1) is 23.3 Å². The van der Waals surface area contributed by atoms with Gasteiger partial charge in [0.25, 0.3) is 0 Å². The number of hydrogen-bond donors (Lipinski definition) is 2. The molecule has 0 aliphatic heterocycles. The number of halogens is 3. The van der Waals surface area contributed by atoms with Gasteiger partial charge in [0.15, 0.2) is 0 Å². The summed E-state index contributed by atoms with van der Waals surface area (Å²) in [7, 11) is -3.45. The van der Waals surface area contributed by atoms with Crippen molar-refractivity contribution in [2.75, 3.05) is 5.75 Å². The highest BCUT2D eigenvalue weighted by molar-refractivity contribution is 7.89. The average Bonchev–Trinajstić information content (AvgIpc) is 3.06. The van der Waals surface area contributed by atoms with Gasteiger partial charge in [-0.3, -0.25) is 0 Å². The summed E-state index contributed by atoms with van der Waals surface area (Å²) in [6.07, 6.45) is 1.93. The van der Waals surface area contributed by atoms with E-state index in [4.69, 9.17) is 0 Å². The molecule has 0 atom stereocenters. The van der Waals surface area contributed by atoms with E-state index >= 15 is 0 Å². The van der Waals surface area contributed by atoms with Gasteiger partial charge in [-0.25, -0.2) is 18.1 Å². The number of unbranched alkanes of at least 4 members (excludes halogenated alkanes) is 2. The molecule has 0 bridgehead atoms. The van der Waals surface area contributed by atoms with Crippen molar-refractivity contribution in [1.82, 2.24) is 14.7 Å². The molecule has 2 aromatic rings. The first-order chi connectivity index (χ1) is 11.8. The van der Waals surface area contributed by atoms with Crippen LogP contribution in [0.4, 0.5) is 13.2 Å². The molecule has 0 saturated heterocycles. The van der Waals surface area contributed by atoms with Crippen LogP contribution in [0.25, 0.3) is 0 Å². The molecule has 1 heterocycles. The molecule has 0 aliphatic rings. The number of aromatic amines is 1. The predicted molar refractivity (Wildman–Crippen MR) is 88.2 cm³/mol. The fourth-order valence-corrected chi connectivity index (χ4v) is 3.39. The zero-order chi connectivity index (χ0) is 18.3. The van der Waals surface area contributed by atoms with Crippen molar-refractivity contribution in [3.63, 3.8) is 0 Å². The van der Waals surface area contributed by atoms with E-state index in [1.807, 2.05) is 6.20 Å². The molecule has 0 unspecified atom stereocenters. The zero-order valence-electron chi connectivity index (χ0n) is 13.5. The van der Waals surface area contributed by atoms with Crippen LogP contribution < -0.4 is 4.72 Å². The molecule has 0 saturated carbocycles. The summed E-state index contributed by atoms with van der Waals surface area (Å²) in [6.45, 7) is -0.0201. The molecular weight excluding hydrogens is 355 g/mol. The summed E-state index contributed by atoms with van der Waals surface area (Å²) in [5.41, 5.74) is 0.675. The lowest BCUT2D eigenvalue weighted by Gasteiger charge is -2.09. The van der Waals surface area contributed by atoms with Crippen LogP contribution in [0.1, 0.15) is 36.1 Å². The minimum absolute atomic E-state index is 0.00575. The number of aryl methyl sites for hydroxylation is 1. The summed E-state index contributed by atoms with van der Waals surface area (Å²) >= 11 is 0. The Morgan fingerprint density at radius 3 is 2.40 bits per heavy atom. The van der Waals surface area contributed by atoms with Gasteiger partial charge >= 0.3 is 6.18 Å². The molecule has 2 N–H and O–H groups in total. The third-order valence-electron chi connectivity index (χ3n) is 3.68. The smallest absolute Gasteiger partial charge is 0.351 e. The van der Waals surface area contributed by atoms with Crippen LogP contribution in [0, 0.1) is 0 Å². The summed E-state index contributed by atoms with van der Waals surface area (Å²) < 4.78 is 63.6. The fraction of sp³-hybridized carbons (Fsp3) is 0.438. The van der Waals surface area contributed by atoms with E-state index in [9.17, 15) is 21.6 Å². The second kappa shape index (κ2) is 8.48. The molecule has 25 heavy (non-hydrogen) atoms.